The molecule has 2 atom stereocenters. The summed E-state index contributed by atoms with van der Waals surface area (Å²) in [7, 11) is 0. The largest absolute Gasteiger partial charge is 0.375 e. The normalized spacial score (nSPS) is 28.8. The van der Waals surface area contributed by atoms with E-state index >= 15 is 0 Å². The standard InChI is InChI=1S/C20H31F2N7O/c1-18(2,3)29-17(25-26-27-29)15(20-8-6-19(4,7-9-20)30-13-20)23-12-14(16(21)22)28-11-5-10-24-28/h5,10-11,14-16,23H,6-9,12-13H2,1-4H3. The maximum absolute atomic E-state index is 13.8. The number of halogens is 2. The second-order valence-corrected chi connectivity index (χ2v) is 9.95. The number of alkyl halides is 2. The number of tetrazole rings is 1. The Bertz CT molecular complexity index is 821. The average Bonchev–Trinajstić information content (AvgIpc) is 3.38. The lowest BCUT2D eigenvalue weighted by atomic mass is 9.62. The highest BCUT2D eigenvalue weighted by Gasteiger charge is 2.53. The van der Waals surface area contributed by atoms with Gasteiger partial charge in [0, 0.05) is 24.4 Å². The molecule has 2 aliphatic heterocycles. The van der Waals surface area contributed by atoms with Crippen molar-refractivity contribution in [1.29, 1.82) is 0 Å². The van der Waals surface area contributed by atoms with E-state index in [1.54, 1.807) is 16.9 Å². The predicted octanol–water partition coefficient (Wildman–Crippen LogP) is 3.11. The van der Waals surface area contributed by atoms with E-state index in [-0.39, 0.29) is 29.1 Å². The molecule has 0 amide bonds. The summed E-state index contributed by atoms with van der Waals surface area (Å²) < 4.78 is 37.0. The molecule has 5 rings (SSSR count). The Morgan fingerprint density at radius 3 is 2.50 bits per heavy atom. The van der Waals surface area contributed by atoms with Gasteiger partial charge in [-0.25, -0.2) is 13.5 Å². The molecule has 2 aromatic heterocycles. The zero-order valence-electron chi connectivity index (χ0n) is 18.1. The van der Waals surface area contributed by atoms with Crippen LogP contribution in [0.25, 0.3) is 0 Å². The highest BCUT2D eigenvalue weighted by molar-refractivity contribution is 5.10. The lowest BCUT2D eigenvalue weighted by Gasteiger charge is -2.54. The Hall–Kier alpha value is -1.94. The molecule has 2 unspecified atom stereocenters. The first-order chi connectivity index (χ1) is 14.1. The summed E-state index contributed by atoms with van der Waals surface area (Å²) in [6.45, 7) is 8.87. The van der Waals surface area contributed by atoms with E-state index in [0.717, 1.165) is 25.7 Å². The topological polar surface area (TPSA) is 82.7 Å². The number of ether oxygens (including phenoxy) is 1. The number of hydrogen-bond donors (Lipinski definition) is 1. The summed E-state index contributed by atoms with van der Waals surface area (Å²) >= 11 is 0. The fourth-order valence-electron chi connectivity index (χ4n) is 4.70. The molecule has 10 heteroatoms. The number of fused-ring (bicyclic) bond motifs is 3. The van der Waals surface area contributed by atoms with Crippen molar-refractivity contribution in [3.05, 3.63) is 24.3 Å². The van der Waals surface area contributed by atoms with E-state index in [9.17, 15) is 8.78 Å². The van der Waals surface area contributed by atoms with Crippen molar-refractivity contribution in [3.63, 3.8) is 0 Å². The molecule has 4 heterocycles. The molecular formula is C20H31F2N7O. The van der Waals surface area contributed by atoms with Gasteiger partial charge in [0.2, 0.25) is 0 Å². The van der Waals surface area contributed by atoms with Crippen LogP contribution in [0.2, 0.25) is 0 Å². The van der Waals surface area contributed by atoms with Crippen LogP contribution in [0.5, 0.6) is 0 Å². The van der Waals surface area contributed by atoms with Crippen molar-refractivity contribution < 1.29 is 13.5 Å². The van der Waals surface area contributed by atoms with Gasteiger partial charge >= 0.3 is 0 Å². The molecule has 2 bridgehead atoms. The second-order valence-electron chi connectivity index (χ2n) is 9.95. The molecule has 3 fully saturated rings. The van der Waals surface area contributed by atoms with Gasteiger partial charge in [0.1, 0.15) is 6.04 Å². The smallest absolute Gasteiger partial charge is 0.261 e. The van der Waals surface area contributed by atoms with Crippen LogP contribution in [0.4, 0.5) is 8.78 Å². The zero-order chi connectivity index (χ0) is 21.6. The summed E-state index contributed by atoms with van der Waals surface area (Å²) in [6, 6.07) is 0.285. The van der Waals surface area contributed by atoms with Crippen LogP contribution in [-0.4, -0.2) is 55.2 Å². The Labute approximate surface area is 175 Å². The van der Waals surface area contributed by atoms with E-state index in [1.807, 2.05) is 20.8 Å². The molecule has 2 saturated heterocycles. The van der Waals surface area contributed by atoms with Crippen molar-refractivity contribution in [1.82, 2.24) is 35.3 Å². The van der Waals surface area contributed by atoms with Gasteiger partial charge in [-0.15, -0.1) is 5.10 Å². The van der Waals surface area contributed by atoms with Gasteiger partial charge in [-0.1, -0.05) is 0 Å². The van der Waals surface area contributed by atoms with E-state index in [0.29, 0.717) is 12.4 Å². The maximum Gasteiger partial charge on any atom is 0.261 e. The Kier molecular flexibility index (Phi) is 5.42. The van der Waals surface area contributed by atoms with Crippen molar-refractivity contribution in [2.45, 2.75) is 83.0 Å². The fraction of sp³-hybridized carbons (Fsp3) is 0.800. The van der Waals surface area contributed by atoms with Gasteiger partial charge in [-0.05, 0) is 69.9 Å². The second kappa shape index (κ2) is 7.64. The van der Waals surface area contributed by atoms with Crippen LogP contribution in [0.1, 0.15) is 71.3 Å². The van der Waals surface area contributed by atoms with Gasteiger partial charge in [0.05, 0.1) is 23.8 Å². The van der Waals surface area contributed by atoms with E-state index in [2.05, 4.69) is 32.9 Å². The van der Waals surface area contributed by atoms with Gasteiger partial charge in [-0.3, -0.25) is 4.68 Å². The maximum atomic E-state index is 13.8. The quantitative estimate of drug-likeness (QED) is 0.737. The Balaban J connectivity index is 1.66. The van der Waals surface area contributed by atoms with Gasteiger partial charge in [-0.2, -0.15) is 5.10 Å². The van der Waals surface area contributed by atoms with Crippen LogP contribution in [-0.2, 0) is 10.3 Å². The fourth-order valence-corrected chi connectivity index (χ4v) is 4.70. The van der Waals surface area contributed by atoms with Crippen LogP contribution in [0.3, 0.4) is 0 Å². The number of hydrogen-bond acceptors (Lipinski definition) is 6. The predicted molar refractivity (Wildman–Crippen MR) is 106 cm³/mol. The molecule has 0 aromatic carbocycles. The Morgan fingerprint density at radius 2 is 1.97 bits per heavy atom. The zero-order valence-corrected chi connectivity index (χ0v) is 18.1. The summed E-state index contributed by atoms with van der Waals surface area (Å²) in [6.07, 6.45) is 4.31. The minimum Gasteiger partial charge on any atom is -0.375 e. The summed E-state index contributed by atoms with van der Waals surface area (Å²) in [5, 5.41) is 19.9. The van der Waals surface area contributed by atoms with Crippen molar-refractivity contribution >= 4 is 0 Å². The molecule has 0 spiro atoms. The number of aromatic nitrogens is 6. The minimum absolute atomic E-state index is 0.0556. The van der Waals surface area contributed by atoms with Crippen LogP contribution in [0, 0.1) is 5.41 Å². The van der Waals surface area contributed by atoms with Gasteiger partial charge < -0.3 is 10.1 Å². The SMILES string of the molecule is CC12CCC(C(NCC(C(F)F)n3cccn3)c3nnnn3C(C)(C)C)(CC1)CO2. The molecule has 0 radical (unpaired) electrons. The molecular weight excluding hydrogens is 392 g/mol. The molecule has 1 N–H and O–H groups in total. The van der Waals surface area contributed by atoms with Crippen molar-refractivity contribution in [2.75, 3.05) is 13.2 Å². The number of rotatable bonds is 7. The first-order valence-electron chi connectivity index (χ1n) is 10.6. The Morgan fingerprint density at radius 1 is 1.23 bits per heavy atom. The van der Waals surface area contributed by atoms with Crippen LogP contribution >= 0.6 is 0 Å². The summed E-state index contributed by atoms with van der Waals surface area (Å²) in [4.78, 5) is 0. The van der Waals surface area contributed by atoms with E-state index in [1.165, 1.54) is 10.9 Å². The van der Waals surface area contributed by atoms with Gasteiger partial charge in [0.15, 0.2) is 5.82 Å². The minimum atomic E-state index is -2.55. The lowest BCUT2D eigenvalue weighted by Crippen LogP contribution is -2.55. The van der Waals surface area contributed by atoms with Gasteiger partial charge in [0.25, 0.3) is 6.43 Å². The van der Waals surface area contributed by atoms with E-state index < -0.39 is 12.5 Å². The third kappa shape index (κ3) is 3.87. The molecule has 30 heavy (non-hydrogen) atoms. The molecule has 1 saturated carbocycles. The summed E-state index contributed by atoms with van der Waals surface area (Å²) in [5.41, 5.74) is -0.646. The molecule has 2 aromatic rings. The van der Waals surface area contributed by atoms with Crippen molar-refractivity contribution in [3.8, 4) is 0 Å². The average molecular weight is 424 g/mol. The molecule has 8 nitrogen and oxygen atoms in total. The first-order valence-corrected chi connectivity index (χ1v) is 10.6. The third-order valence-electron chi connectivity index (χ3n) is 6.70. The highest BCUT2D eigenvalue weighted by atomic mass is 19.3. The molecule has 166 valence electrons. The number of nitrogens with one attached hydrogen (secondary N) is 1. The molecule has 3 aliphatic rings. The van der Waals surface area contributed by atoms with Crippen LogP contribution < -0.4 is 5.32 Å². The first kappa shape index (κ1) is 21.3. The van der Waals surface area contributed by atoms with Crippen molar-refractivity contribution in [2.24, 2.45) is 5.41 Å². The summed E-state index contributed by atoms with van der Waals surface area (Å²) in [5.74, 6) is 0.671. The van der Waals surface area contributed by atoms with E-state index in [4.69, 9.17) is 4.74 Å². The number of nitrogens with zero attached hydrogens (tertiary/aromatic N) is 6. The van der Waals surface area contributed by atoms with Crippen LogP contribution in [0.15, 0.2) is 18.5 Å². The third-order valence-corrected chi connectivity index (χ3v) is 6.70. The molecule has 1 aliphatic carbocycles. The lowest BCUT2D eigenvalue weighted by molar-refractivity contribution is -0.186. The highest BCUT2D eigenvalue weighted by Crippen LogP contribution is 2.54. The monoisotopic (exact) mass is 423 g/mol.